The van der Waals surface area contributed by atoms with Gasteiger partial charge < -0.3 is 16.0 Å². The molecule has 0 saturated carbocycles. The highest BCUT2D eigenvalue weighted by Crippen LogP contribution is 2.31. The Morgan fingerprint density at radius 1 is 1.33 bits per heavy atom. The molecule has 0 bridgehead atoms. The number of amides is 1. The molecule has 2 aromatic carbocycles. The van der Waals surface area contributed by atoms with Crippen LogP contribution >= 0.6 is 24.0 Å². The van der Waals surface area contributed by atoms with Crippen molar-refractivity contribution in [3.63, 3.8) is 0 Å². The molecule has 0 radical (unpaired) electrons. The van der Waals surface area contributed by atoms with Gasteiger partial charge in [-0.2, -0.15) is 0 Å². The summed E-state index contributed by atoms with van der Waals surface area (Å²) in [6, 6.07) is 11.3. The van der Waals surface area contributed by atoms with Crippen LogP contribution in [0.2, 0.25) is 5.02 Å². The largest absolute Gasteiger partial charge is 0.398 e. The quantitative estimate of drug-likeness (QED) is 0.806. The van der Waals surface area contributed by atoms with Crippen LogP contribution in [0.4, 0.5) is 17.1 Å². The Morgan fingerprint density at radius 2 is 2.12 bits per heavy atom. The van der Waals surface area contributed by atoms with E-state index < -0.39 is 0 Å². The lowest BCUT2D eigenvalue weighted by molar-refractivity contribution is -0.115. The molecule has 1 heterocycles. The molecule has 0 aliphatic carbocycles. The van der Waals surface area contributed by atoms with E-state index in [0.29, 0.717) is 11.6 Å². The van der Waals surface area contributed by atoms with Crippen molar-refractivity contribution >= 4 is 47.0 Å². The zero-order valence-corrected chi connectivity index (χ0v) is 15.1. The molecule has 0 unspecified atom stereocenters. The average molecular weight is 366 g/mol. The number of rotatable bonds is 3. The predicted octanol–water partition coefficient (Wildman–Crippen LogP) is 4.04. The molecule has 0 aromatic heterocycles. The highest BCUT2D eigenvalue weighted by atomic mass is 35.5. The minimum absolute atomic E-state index is 0. The van der Waals surface area contributed by atoms with Crippen LogP contribution in [-0.4, -0.2) is 19.0 Å². The van der Waals surface area contributed by atoms with Gasteiger partial charge in [0, 0.05) is 28.6 Å². The Morgan fingerprint density at radius 3 is 2.88 bits per heavy atom. The van der Waals surface area contributed by atoms with Crippen LogP contribution in [0.1, 0.15) is 17.5 Å². The highest BCUT2D eigenvalue weighted by molar-refractivity contribution is 6.30. The fraction of sp³-hybridized carbons (Fsp3) is 0.278. The second-order valence-electron chi connectivity index (χ2n) is 5.88. The van der Waals surface area contributed by atoms with Gasteiger partial charge in [0.15, 0.2) is 0 Å². The topological polar surface area (TPSA) is 58.4 Å². The number of halogens is 2. The van der Waals surface area contributed by atoms with Crippen molar-refractivity contribution in [1.29, 1.82) is 0 Å². The molecule has 0 atom stereocenters. The SMILES string of the molecule is Cc1cc(Cl)ccc1NC(=O)CN1CCCc2c(N)cccc21.Cl. The van der Waals surface area contributed by atoms with E-state index in [2.05, 4.69) is 10.2 Å². The Hall–Kier alpha value is -1.91. The van der Waals surface area contributed by atoms with Crippen molar-refractivity contribution in [2.75, 3.05) is 29.0 Å². The summed E-state index contributed by atoms with van der Waals surface area (Å²) in [5, 5.41) is 3.63. The van der Waals surface area contributed by atoms with E-state index >= 15 is 0 Å². The summed E-state index contributed by atoms with van der Waals surface area (Å²) in [6.07, 6.45) is 1.98. The van der Waals surface area contributed by atoms with Gasteiger partial charge in [-0.05, 0) is 61.2 Å². The Balaban J connectivity index is 0.00000208. The van der Waals surface area contributed by atoms with Gasteiger partial charge in [-0.1, -0.05) is 17.7 Å². The van der Waals surface area contributed by atoms with E-state index in [4.69, 9.17) is 17.3 Å². The van der Waals surface area contributed by atoms with Gasteiger partial charge in [-0.15, -0.1) is 12.4 Å². The number of carbonyl (C=O) groups is 1. The van der Waals surface area contributed by atoms with E-state index in [1.54, 1.807) is 6.07 Å². The van der Waals surface area contributed by atoms with Crippen LogP contribution in [0, 0.1) is 6.92 Å². The third-order valence-corrected chi connectivity index (χ3v) is 4.42. The maximum absolute atomic E-state index is 12.4. The first kappa shape index (κ1) is 18.4. The molecule has 0 spiro atoms. The molecule has 4 nitrogen and oxygen atoms in total. The number of hydrogen-bond donors (Lipinski definition) is 2. The summed E-state index contributed by atoms with van der Waals surface area (Å²) in [4.78, 5) is 14.5. The van der Waals surface area contributed by atoms with E-state index in [-0.39, 0.29) is 18.3 Å². The molecule has 0 saturated heterocycles. The summed E-state index contributed by atoms with van der Waals surface area (Å²) < 4.78 is 0. The molecule has 1 aliphatic rings. The molecule has 3 N–H and O–H groups in total. The fourth-order valence-electron chi connectivity index (χ4n) is 3.02. The van der Waals surface area contributed by atoms with Crippen LogP contribution in [0.3, 0.4) is 0 Å². The second kappa shape index (κ2) is 7.77. The van der Waals surface area contributed by atoms with Crippen molar-refractivity contribution in [3.8, 4) is 0 Å². The molecular weight excluding hydrogens is 345 g/mol. The Kier molecular flexibility index (Phi) is 5.97. The standard InChI is InChI=1S/C18H20ClN3O.ClH/c1-12-10-13(19)7-8-16(12)21-18(23)11-22-9-3-4-14-15(20)5-2-6-17(14)22;/h2,5-8,10H,3-4,9,11,20H2,1H3,(H,21,23);1H. The van der Waals surface area contributed by atoms with Crippen LogP contribution < -0.4 is 16.0 Å². The number of nitrogens with two attached hydrogens (primary N) is 1. The molecular formula is C18H21Cl2N3O. The number of nitrogens with one attached hydrogen (secondary N) is 1. The second-order valence-corrected chi connectivity index (χ2v) is 6.31. The fourth-order valence-corrected chi connectivity index (χ4v) is 3.25. The van der Waals surface area contributed by atoms with Gasteiger partial charge in [0.2, 0.25) is 5.91 Å². The molecule has 2 aromatic rings. The summed E-state index contributed by atoms with van der Waals surface area (Å²) in [5.74, 6) is -0.0364. The number of nitrogens with zero attached hydrogens (tertiary/aromatic N) is 1. The van der Waals surface area contributed by atoms with Crippen molar-refractivity contribution in [1.82, 2.24) is 0 Å². The molecule has 24 heavy (non-hydrogen) atoms. The van der Waals surface area contributed by atoms with Gasteiger partial charge in [0.1, 0.15) is 0 Å². The molecule has 1 aliphatic heterocycles. The lowest BCUT2D eigenvalue weighted by atomic mass is 10.00. The van der Waals surface area contributed by atoms with Crippen LogP contribution in [-0.2, 0) is 11.2 Å². The van der Waals surface area contributed by atoms with E-state index in [1.165, 1.54) is 0 Å². The molecule has 6 heteroatoms. The number of anilines is 3. The summed E-state index contributed by atoms with van der Waals surface area (Å²) in [6.45, 7) is 3.11. The number of hydrogen-bond acceptors (Lipinski definition) is 3. The Labute approximate surface area is 153 Å². The summed E-state index contributed by atoms with van der Waals surface area (Å²) in [7, 11) is 0. The monoisotopic (exact) mass is 365 g/mol. The lowest BCUT2D eigenvalue weighted by Crippen LogP contribution is -2.37. The van der Waals surface area contributed by atoms with Crippen LogP contribution in [0.15, 0.2) is 36.4 Å². The molecule has 0 fully saturated rings. The third kappa shape index (κ3) is 3.94. The van der Waals surface area contributed by atoms with E-state index in [9.17, 15) is 4.79 Å². The van der Waals surface area contributed by atoms with Crippen molar-refractivity contribution < 1.29 is 4.79 Å². The summed E-state index contributed by atoms with van der Waals surface area (Å²) in [5.41, 5.74) is 10.8. The molecule has 3 rings (SSSR count). The maximum atomic E-state index is 12.4. The van der Waals surface area contributed by atoms with Crippen molar-refractivity contribution in [2.45, 2.75) is 19.8 Å². The smallest absolute Gasteiger partial charge is 0.243 e. The minimum atomic E-state index is -0.0364. The highest BCUT2D eigenvalue weighted by Gasteiger charge is 2.20. The average Bonchev–Trinajstić information content (AvgIpc) is 2.51. The first-order chi connectivity index (χ1) is 11.0. The zero-order chi connectivity index (χ0) is 16.4. The lowest BCUT2D eigenvalue weighted by Gasteiger charge is -2.31. The minimum Gasteiger partial charge on any atom is -0.398 e. The van der Waals surface area contributed by atoms with E-state index in [0.717, 1.165) is 47.6 Å². The van der Waals surface area contributed by atoms with Crippen LogP contribution in [0.25, 0.3) is 0 Å². The number of fused-ring (bicyclic) bond motifs is 1. The predicted molar refractivity (Wildman–Crippen MR) is 103 cm³/mol. The van der Waals surface area contributed by atoms with E-state index in [1.807, 2.05) is 37.3 Å². The van der Waals surface area contributed by atoms with Crippen LogP contribution in [0.5, 0.6) is 0 Å². The molecule has 1 amide bonds. The number of benzene rings is 2. The van der Waals surface area contributed by atoms with Crippen molar-refractivity contribution in [2.24, 2.45) is 0 Å². The zero-order valence-electron chi connectivity index (χ0n) is 13.5. The number of carbonyl (C=O) groups excluding carboxylic acids is 1. The summed E-state index contributed by atoms with van der Waals surface area (Å²) >= 11 is 5.95. The van der Waals surface area contributed by atoms with Gasteiger partial charge in [-0.25, -0.2) is 0 Å². The number of nitrogen functional groups attached to an aromatic ring is 1. The first-order valence-electron chi connectivity index (χ1n) is 7.73. The van der Waals surface area contributed by atoms with Gasteiger partial charge in [0.05, 0.1) is 6.54 Å². The Bertz CT molecular complexity index is 749. The maximum Gasteiger partial charge on any atom is 0.243 e. The van der Waals surface area contributed by atoms with Crippen molar-refractivity contribution in [3.05, 3.63) is 52.5 Å². The number of aryl methyl sites for hydroxylation is 1. The molecule has 128 valence electrons. The van der Waals surface area contributed by atoms with Gasteiger partial charge in [0.25, 0.3) is 0 Å². The van der Waals surface area contributed by atoms with Gasteiger partial charge in [-0.3, -0.25) is 4.79 Å². The third-order valence-electron chi connectivity index (χ3n) is 4.18. The first-order valence-corrected chi connectivity index (χ1v) is 8.10. The van der Waals surface area contributed by atoms with Gasteiger partial charge >= 0.3 is 0 Å². The normalized spacial score (nSPS) is 13.0.